The highest BCUT2D eigenvalue weighted by molar-refractivity contribution is 5.55. The van der Waals surface area contributed by atoms with Crippen molar-refractivity contribution >= 4 is 5.82 Å². The Bertz CT molecular complexity index is 528. The third-order valence-corrected chi connectivity index (χ3v) is 3.50. The quantitative estimate of drug-likeness (QED) is 0.860. The molecule has 0 N–H and O–H groups in total. The van der Waals surface area contributed by atoms with Crippen LogP contribution in [-0.2, 0) is 6.18 Å². The predicted molar refractivity (Wildman–Crippen MR) is 72.9 cm³/mol. The molecular formula is C14H17F3N4. The molecule has 0 aliphatic carbocycles. The van der Waals surface area contributed by atoms with Crippen molar-refractivity contribution in [3.05, 3.63) is 23.4 Å². The van der Waals surface area contributed by atoms with Crippen LogP contribution < -0.4 is 4.90 Å². The van der Waals surface area contributed by atoms with E-state index >= 15 is 0 Å². The van der Waals surface area contributed by atoms with Crippen LogP contribution in [0.5, 0.6) is 0 Å². The summed E-state index contributed by atoms with van der Waals surface area (Å²) in [5.41, 5.74) is -0.764. The van der Waals surface area contributed by atoms with E-state index in [1.54, 1.807) is 4.90 Å². The first-order chi connectivity index (χ1) is 9.95. The number of alkyl halides is 3. The van der Waals surface area contributed by atoms with Crippen LogP contribution in [0.2, 0.25) is 0 Å². The topological polar surface area (TPSA) is 43.2 Å². The van der Waals surface area contributed by atoms with Gasteiger partial charge >= 0.3 is 6.18 Å². The molecule has 1 saturated heterocycles. The summed E-state index contributed by atoms with van der Waals surface area (Å²) >= 11 is 0. The molecule has 0 atom stereocenters. The van der Waals surface area contributed by atoms with E-state index in [1.807, 2.05) is 6.07 Å². The van der Waals surface area contributed by atoms with Gasteiger partial charge in [0, 0.05) is 26.2 Å². The molecule has 4 nitrogen and oxygen atoms in total. The van der Waals surface area contributed by atoms with Crippen LogP contribution in [0.1, 0.15) is 24.6 Å². The van der Waals surface area contributed by atoms with Crippen molar-refractivity contribution in [1.82, 2.24) is 9.88 Å². The summed E-state index contributed by atoms with van der Waals surface area (Å²) in [5.74, 6) is 0.142. The van der Waals surface area contributed by atoms with Crippen LogP contribution in [0.25, 0.3) is 0 Å². The van der Waals surface area contributed by atoms with Gasteiger partial charge in [0.1, 0.15) is 17.6 Å². The number of nitriles is 1. The van der Waals surface area contributed by atoms with Crippen LogP contribution in [-0.4, -0.2) is 42.6 Å². The zero-order valence-electron chi connectivity index (χ0n) is 11.8. The Morgan fingerprint density at radius 3 is 2.43 bits per heavy atom. The van der Waals surface area contributed by atoms with E-state index in [9.17, 15) is 13.2 Å². The number of pyridine rings is 1. The molecule has 0 bridgehead atoms. The van der Waals surface area contributed by atoms with E-state index in [0.717, 1.165) is 32.1 Å². The summed E-state index contributed by atoms with van der Waals surface area (Å²) in [6, 6.07) is 3.98. The van der Waals surface area contributed by atoms with Gasteiger partial charge in [-0.2, -0.15) is 18.4 Å². The number of piperazine rings is 1. The molecule has 114 valence electrons. The SMILES string of the molecule is CCCN1CCN(c2nc(C(F)(F)F)ccc2C#N)CC1. The number of anilines is 1. The monoisotopic (exact) mass is 298 g/mol. The second kappa shape index (κ2) is 6.31. The normalized spacial score (nSPS) is 16.8. The fourth-order valence-corrected chi connectivity index (χ4v) is 2.43. The maximum Gasteiger partial charge on any atom is 0.433 e. The molecule has 1 fully saturated rings. The fraction of sp³-hybridized carbons (Fsp3) is 0.571. The van der Waals surface area contributed by atoms with Crippen LogP contribution >= 0.6 is 0 Å². The lowest BCUT2D eigenvalue weighted by Gasteiger charge is -2.35. The van der Waals surface area contributed by atoms with Crippen LogP contribution in [0.3, 0.4) is 0 Å². The Labute approximate surface area is 121 Å². The molecule has 0 radical (unpaired) electrons. The van der Waals surface area contributed by atoms with Crippen LogP contribution in [0, 0.1) is 11.3 Å². The van der Waals surface area contributed by atoms with Crippen molar-refractivity contribution < 1.29 is 13.2 Å². The molecule has 1 aliphatic heterocycles. The summed E-state index contributed by atoms with van der Waals surface area (Å²) < 4.78 is 38.3. The molecule has 21 heavy (non-hydrogen) atoms. The first-order valence-electron chi connectivity index (χ1n) is 6.91. The van der Waals surface area contributed by atoms with Gasteiger partial charge in [0.25, 0.3) is 0 Å². The standard InChI is InChI=1S/C14H17F3N4/c1-2-5-20-6-8-21(9-7-20)13-11(10-18)3-4-12(19-13)14(15,16)17/h3-4H,2,5-9H2,1H3. The third-order valence-electron chi connectivity index (χ3n) is 3.50. The average Bonchev–Trinajstić information content (AvgIpc) is 2.47. The third kappa shape index (κ3) is 3.64. The van der Waals surface area contributed by atoms with Gasteiger partial charge in [0.15, 0.2) is 0 Å². The fourth-order valence-electron chi connectivity index (χ4n) is 2.43. The number of nitrogens with zero attached hydrogens (tertiary/aromatic N) is 4. The minimum absolute atomic E-state index is 0.142. The van der Waals surface area contributed by atoms with E-state index < -0.39 is 11.9 Å². The Kier molecular flexibility index (Phi) is 4.68. The van der Waals surface area contributed by atoms with Crippen molar-refractivity contribution in [2.24, 2.45) is 0 Å². The van der Waals surface area contributed by atoms with Gasteiger partial charge < -0.3 is 4.90 Å². The highest BCUT2D eigenvalue weighted by Gasteiger charge is 2.34. The maximum atomic E-state index is 12.8. The first-order valence-corrected chi connectivity index (χ1v) is 6.91. The molecule has 7 heteroatoms. The number of hydrogen-bond donors (Lipinski definition) is 0. The summed E-state index contributed by atoms with van der Waals surface area (Å²) in [6.45, 7) is 5.79. The predicted octanol–water partition coefficient (Wildman–Crippen LogP) is 2.50. The minimum Gasteiger partial charge on any atom is -0.353 e. The highest BCUT2D eigenvalue weighted by atomic mass is 19.4. The van der Waals surface area contributed by atoms with E-state index in [4.69, 9.17) is 5.26 Å². The summed E-state index contributed by atoms with van der Waals surface area (Å²) in [7, 11) is 0. The Morgan fingerprint density at radius 1 is 1.24 bits per heavy atom. The Hall–Kier alpha value is -1.81. The van der Waals surface area contributed by atoms with E-state index in [1.165, 1.54) is 6.07 Å². The molecule has 0 spiro atoms. The lowest BCUT2D eigenvalue weighted by atomic mass is 10.2. The van der Waals surface area contributed by atoms with Crippen LogP contribution in [0.15, 0.2) is 12.1 Å². The molecule has 2 rings (SSSR count). The lowest BCUT2D eigenvalue weighted by Crippen LogP contribution is -2.47. The molecular weight excluding hydrogens is 281 g/mol. The van der Waals surface area contributed by atoms with Gasteiger partial charge in [-0.05, 0) is 25.1 Å². The van der Waals surface area contributed by atoms with Gasteiger partial charge in [-0.25, -0.2) is 4.98 Å². The first kappa shape index (κ1) is 15.6. The second-order valence-electron chi connectivity index (χ2n) is 5.01. The summed E-state index contributed by atoms with van der Waals surface area (Å²) in [5, 5.41) is 9.07. The van der Waals surface area contributed by atoms with Crippen molar-refractivity contribution in [3.63, 3.8) is 0 Å². The van der Waals surface area contributed by atoms with Crippen molar-refractivity contribution in [2.75, 3.05) is 37.6 Å². The number of aromatic nitrogens is 1. The molecule has 0 unspecified atom stereocenters. The van der Waals surface area contributed by atoms with Crippen molar-refractivity contribution in [1.29, 1.82) is 5.26 Å². The number of rotatable bonds is 3. The van der Waals surface area contributed by atoms with Crippen LogP contribution in [0.4, 0.5) is 19.0 Å². The minimum atomic E-state index is -4.49. The summed E-state index contributed by atoms with van der Waals surface area (Å²) in [6.07, 6.45) is -3.45. The Morgan fingerprint density at radius 2 is 1.90 bits per heavy atom. The maximum absolute atomic E-state index is 12.8. The zero-order chi connectivity index (χ0) is 15.5. The zero-order valence-corrected chi connectivity index (χ0v) is 11.8. The molecule has 1 aromatic rings. The van der Waals surface area contributed by atoms with E-state index in [-0.39, 0.29) is 11.4 Å². The molecule has 0 amide bonds. The molecule has 1 aromatic heterocycles. The molecule has 1 aliphatic rings. The van der Waals surface area contributed by atoms with E-state index in [2.05, 4.69) is 16.8 Å². The Balaban J connectivity index is 2.21. The lowest BCUT2D eigenvalue weighted by molar-refractivity contribution is -0.141. The van der Waals surface area contributed by atoms with Gasteiger partial charge in [-0.1, -0.05) is 6.92 Å². The largest absolute Gasteiger partial charge is 0.433 e. The average molecular weight is 298 g/mol. The van der Waals surface area contributed by atoms with Gasteiger partial charge in [-0.3, -0.25) is 4.90 Å². The van der Waals surface area contributed by atoms with Gasteiger partial charge in [0.05, 0.1) is 5.56 Å². The smallest absolute Gasteiger partial charge is 0.353 e. The molecule has 0 saturated carbocycles. The number of halogens is 3. The van der Waals surface area contributed by atoms with Gasteiger partial charge in [-0.15, -0.1) is 0 Å². The van der Waals surface area contributed by atoms with Gasteiger partial charge in [0.2, 0.25) is 0 Å². The van der Waals surface area contributed by atoms with E-state index in [0.29, 0.717) is 13.1 Å². The van der Waals surface area contributed by atoms with Crippen molar-refractivity contribution in [3.8, 4) is 6.07 Å². The molecule has 0 aromatic carbocycles. The second-order valence-corrected chi connectivity index (χ2v) is 5.01. The highest BCUT2D eigenvalue weighted by Crippen LogP contribution is 2.30. The number of hydrogen-bond acceptors (Lipinski definition) is 4. The summed E-state index contributed by atoms with van der Waals surface area (Å²) in [4.78, 5) is 7.69. The van der Waals surface area contributed by atoms with Crippen molar-refractivity contribution in [2.45, 2.75) is 19.5 Å². The molecule has 2 heterocycles.